The molecular formula is C16H19FN2S. The van der Waals surface area contributed by atoms with Gasteiger partial charge in [0, 0.05) is 17.7 Å². The normalized spacial score (nSPS) is 10.7. The second kappa shape index (κ2) is 6.29. The van der Waals surface area contributed by atoms with Crippen molar-refractivity contribution in [1.82, 2.24) is 0 Å². The summed E-state index contributed by atoms with van der Waals surface area (Å²) in [5, 5.41) is 1.62. The number of aryl methyl sites for hydroxylation is 1. The van der Waals surface area contributed by atoms with E-state index in [0.29, 0.717) is 0 Å². The van der Waals surface area contributed by atoms with Gasteiger partial charge < -0.3 is 5.01 Å². The van der Waals surface area contributed by atoms with Gasteiger partial charge in [-0.15, -0.1) is 11.8 Å². The number of hydrazine groups is 1. The van der Waals surface area contributed by atoms with Gasteiger partial charge in [0.25, 0.3) is 0 Å². The van der Waals surface area contributed by atoms with Crippen LogP contribution in [-0.4, -0.2) is 7.05 Å². The molecule has 0 amide bonds. The fourth-order valence-corrected chi connectivity index (χ4v) is 3.33. The Morgan fingerprint density at radius 1 is 1.15 bits per heavy atom. The zero-order valence-electron chi connectivity index (χ0n) is 12.0. The fraction of sp³-hybridized carbons (Fsp3) is 0.250. The lowest BCUT2D eigenvalue weighted by molar-refractivity contribution is 0.616. The van der Waals surface area contributed by atoms with Gasteiger partial charge in [-0.2, -0.15) is 0 Å². The van der Waals surface area contributed by atoms with Crippen LogP contribution in [0.1, 0.15) is 16.7 Å². The standard InChI is InChI=1S/C16H19FN2S/c1-11-6-4-9-15(19(3)18)16(11)20-10-13-7-5-8-14(17)12(13)2/h4-9H,10,18H2,1-3H3. The molecular weight excluding hydrogens is 271 g/mol. The predicted octanol–water partition coefficient (Wildman–Crippen LogP) is 4.04. The molecule has 20 heavy (non-hydrogen) atoms. The van der Waals surface area contributed by atoms with E-state index in [-0.39, 0.29) is 5.82 Å². The van der Waals surface area contributed by atoms with E-state index >= 15 is 0 Å². The molecule has 0 atom stereocenters. The average molecular weight is 290 g/mol. The minimum atomic E-state index is -0.149. The van der Waals surface area contributed by atoms with Gasteiger partial charge in [0.15, 0.2) is 0 Å². The number of hydrogen-bond acceptors (Lipinski definition) is 3. The number of benzene rings is 2. The van der Waals surface area contributed by atoms with Crippen LogP contribution in [0.5, 0.6) is 0 Å². The number of halogens is 1. The van der Waals surface area contributed by atoms with Crippen LogP contribution in [0.3, 0.4) is 0 Å². The molecule has 2 N–H and O–H groups in total. The molecule has 2 aromatic rings. The fourth-order valence-electron chi connectivity index (χ4n) is 2.06. The number of anilines is 1. The first-order valence-corrected chi connectivity index (χ1v) is 7.44. The van der Waals surface area contributed by atoms with Crippen LogP contribution >= 0.6 is 11.8 Å². The van der Waals surface area contributed by atoms with Crippen LogP contribution in [0.25, 0.3) is 0 Å². The zero-order valence-corrected chi connectivity index (χ0v) is 12.8. The largest absolute Gasteiger partial charge is 0.313 e. The first-order valence-electron chi connectivity index (χ1n) is 6.45. The van der Waals surface area contributed by atoms with Crippen LogP contribution in [0, 0.1) is 19.7 Å². The van der Waals surface area contributed by atoms with Crippen molar-refractivity contribution in [2.75, 3.05) is 12.1 Å². The van der Waals surface area contributed by atoms with Gasteiger partial charge in [0.05, 0.1) is 5.69 Å². The van der Waals surface area contributed by atoms with Crippen LogP contribution in [0.15, 0.2) is 41.3 Å². The summed E-state index contributed by atoms with van der Waals surface area (Å²) in [6.45, 7) is 3.88. The first kappa shape index (κ1) is 14.9. The van der Waals surface area contributed by atoms with Crippen LogP contribution < -0.4 is 10.9 Å². The number of rotatable bonds is 4. The van der Waals surface area contributed by atoms with E-state index in [1.807, 2.05) is 32.2 Å². The second-order valence-electron chi connectivity index (χ2n) is 4.85. The highest BCUT2D eigenvalue weighted by Crippen LogP contribution is 2.34. The highest BCUT2D eigenvalue weighted by molar-refractivity contribution is 7.98. The predicted molar refractivity (Wildman–Crippen MR) is 84.5 cm³/mol. The van der Waals surface area contributed by atoms with Crippen molar-refractivity contribution in [3.05, 3.63) is 58.9 Å². The van der Waals surface area contributed by atoms with Crippen molar-refractivity contribution in [3.63, 3.8) is 0 Å². The maximum Gasteiger partial charge on any atom is 0.126 e. The summed E-state index contributed by atoms with van der Waals surface area (Å²) in [7, 11) is 1.83. The molecule has 0 unspecified atom stereocenters. The second-order valence-corrected chi connectivity index (χ2v) is 5.83. The topological polar surface area (TPSA) is 29.3 Å². The zero-order chi connectivity index (χ0) is 14.7. The van der Waals surface area contributed by atoms with E-state index in [9.17, 15) is 4.39 Å². The molecule has 2 rings (SSSR count). The Labute approximate surface area is 123 Å². The number of nitrogens with zero attached hydrogens (tertiary/aromatic N) is 1. The third-order valence-corrected chi connectivity index (χ3v) is 4.60. The highest BCUT2D eigenvalue weighted by atomic mass is 32.2. The van der Waals surface area contributed by atoms with Gasteiger partial charge >= 0.3 is 0 Å². The molecule has 0 radical (unpaired) electrons. The SMILES string of the molecule is Cc1cccc(N(C)N)c1SCc1cccc(F)c1C. The Bertz CT molecular complexity index is 611. The molecule has 0 aromatic heterocycles. The van der Waals surface area contributed by atoms with Crippen molar-refractivity contribution < 1.29 is 4.39 Å². The van der Waals surface area contributed by atoms with E-state index < -0.39 is 0 Å². The maximum absolute atomic E-state index is 13.6. The molecule has 2 nitrogen and oxygen atoms in total. The quantitative estimate of drug-likeness (QED) is 0.523. The van der Waals surface area contributed by atoms with Crippen molar-refractivity contribution in [2.24, 2.45) is 5.84 Å². The lowest BCUT2D eigenvalue weighted by Crippen LogP contribution is -2.25. The Morgan fingerprint density at radius 2 is 1.85 bits per heavy atom. The number of thioether (sulfide) groups is 1. The summed E-state index contributed by atoms with van der Waals surface area (Å²) < 4.78 is 13.6. The van der Waals surface area contributed by atoms with Gasteiger partial charge in [0.1, 0.15) is 5.82 Å². The maximum atomic E-state index is 13.6. The molecule has 0 saturated heterocycles. The van der Waals surface area contributed by atoms with Gasteiger partial charge in [-0.1, -0.05) is 24.3 Å². The summed E-state index contributed by atoms with van der Waals surface area (Å²) >= 11 is 1.69. The molecule has 0 aliphatic carbocycles. The number of hydrogen-bond donors (Lipinski definition) is 1. The van der Waals surface area contributed by atoms with Crippen LogP contribution in [0.2, 0.25) is 0 Å². The molecule has 2 aromatic carbocycles. The molecule has 0 heterocycles. The van der Waals surface area contributed by atoms with Gasteiger partial charge in [-0.05, 0) is 42.7 Å². The van der Waals surface area contributed by atoms with Gasteiger partial charge in [0.2, 0.25) is 0 Å². The summed E-state index contributed by atoms with van der Waals surface area (Å²) in [6.07, 6.45) is 0. The lowest BCUT2D eigenvalue weighted by Gasteiger charge is -2.18. The lowest BCUT2D eigenvalue weighted by atomic mass is 10.1. The summed E-state index contributed by atoms with van der Waals surface area (Å²) in [5.74, 6) is 6.45. The average Bonchev–Trinajstić information content (AvgIpc) is 2.41. The number of nitrogens with two attached hydrogens (primary N) is 1. The third kappa shape index (κ3) is 3.14. The Hall–Kier alpha value is -1.52. The smallest absolute Gasteiger partial charge is 0.126 e. The molecule has 0 spiro atoms. The van der Waals surface area contributed by atoms with E-state index in [1.54, 1.807) is 22.8 Å². The summed E-state index contributed by atoms with van der Waals surface area (Å²) in [5.41, 5.74) is 3.91. The molecule has 0 fully saturated rings. The molecule has 0 aliphatic heterocycles. The van der Waals surface area contributed by atoms with Crippen LogP contribution in [0.4, 0.5) is 10.1 Å². The van der Waals surface area contributed by atoms with E-state index in [4.69, 9.17) is 5.84 Å². The first-order chi connectivity index (χ1) is 9.50. The minimum absolute atomic E-state index is 0.149. The Balaban J connectivity index is 2.25. The monoisotopic (exact) mass is 290 g/mol. The highest BCUT2D eigenvalue weighted by Gasteiger charge is 2.10. The molecule has 4 heteroatoms. The van der Waals surface area contributed by atoms with E-state index in [2.05, 4.69) is 13.0 Å². The van der Waals surface area contributed by atoms with Crippen molar-refractivity contribution >= 4 is 17.4 Å². The van der Waals surface area contributed by atoms with Gasteiger partial charge in [-0.3, -0.25) is 0 Å². The Kier molecular flexibility index (Phi) is 4.68. The van der Waals surface area contributed by atoms with Crippen LogP contribution in [-0.2, 0) is 5.75 Å². The summed E-state index contributed by atoms with van der Waals surface area (Å²) in [6, 6.07) is 11.3. The molecule has 0 aliphatic rings. The minimum Gasteiger partial charge on any atom is -0.313 e. The molecule has 106 valence electrons. The third-order valence-electron chi connectivity index (χ3n) is 3.32. The Morgan fingerprint density at radius 3 is 2.55 bits per heavy atom. The molecule has 0 saturated carbocycles. The van der Waals surface area contributed by atoms with Crippen molar-refractivity contribution in [1.29, 1.82) is 0 Å². The van der Waals surface area contributed by atoms with Crippen molar-refractivity contribution in [3.8, 4) is 0 Å². The van der Waals surface area contributed by atoms with E-state index in [1.165, 1.54) is 11.6 Å². The summed E-state index contributed by atoms with van der Waals surface area (Å²) in [4.78, 5) is 1.14. The van der Waals surface area contributed by atoms with E-state index in [0.717, 1.165) is 27.5 Å². The molecule has 0 bridgehead atoms. The van der Waals surface area contributed by atoms with Crippen molar-refractivity contribution in [2.45, 2.75) is 24.5 Å². The van der Waals surface area contributed by atoms with Gasteiger partial charge in [-0.25, -0.2) is 10.2 Å².